The third kappa shape index (κ3) is 3.88. The third-order valence-corrected chi connectivity index (χ3v) is 5.34. The Balaban J connectivity index is 0.00000182. The van der Waals surface area contributed by atoms with Crippen molar-refractivity contribution in [2.45, 2.75) is 38.1 Å². The molecule has 3 nitrogen and oxygen atoms in total. The van der Waals surface area contributed by atoms with Crippen LogP contribution in [0.15, 0.2) is 48.5 Å². The summed E-state index contributed by atoms with van der Waals surface area (Å²) >= 11 is 0. The lowest BCUT2D eigenvalue weighted by Gasteiger charge is -2.28. The van der Waals surface area contributed by atoms with E-state index in [1.54, 1.807) is 0 Å². The zero-order valence-corrected chi connectivity index (χ0v) is 15.2. The fourth-order valence-electron chi connectivity index (χ4n) is 3.99. The number of carbonyl (C=O) groups excluding carboxylic acids is 1. The van der Waals surface area contributed by atoms with Gasteiger partial charge in [0.05, 0.1) is 5.92 Å². The molecule has 2 aromatic rings. The molecule has 1 amide bonds. The minimum atomic E-state index is 0. The minimum absolute atomic E-state index is 0. The Bertz CT molecular complexity index is 746. The molecule has 1 unspecified atom stereocenters. The van der Waals surface area contributed by atoms with Crippen LogP contribution in [0.5, 0.6) is 0 Å². The maximum Gasteiger partial charge on any atom is 0.232 e. The standard InChI is InChI=1S/C21H24N2O.ClH/c24-21-19(18-9-3-4-11-20(18)22-21)10-5-6-13-23-14-12-16-7-1-2-8-17(16)15-23;/h1-4,7-9,11,19H,5-6,10,12-15H2,(H,22,24);1H. The molecule has 0 radical (unpaired) electrons. The van der Waals surface area contributed by atoms with Gasteiger partial charge in [0.25, 0.3) is 0 Å². The molecular formula is C21H25ClN2O. The molecule has 1 N–H and O–H groups in total. The average molecular weight is 357 g/mol. The second-order valence-corrected chi connectivity index (χ2v) is 6.92. The molecule has 4 heteroatoms. The van der Waals surface area contributed by atoms with E-state index in [1.165, 1.54) is 16.7 Å². The van der Waals surface area contributed by atoms with Crippen molar-refractivity contribution in [1.29, 1.82) is 0 Å². The highest BCUT2D eigenvalue weighted by Gasteiger charge is 2.29. The SMILES string of the molecule is Cl.O=C1Nc2ccccc2C1CCCCN1CCc2ccccc2C1. The van der Waals surface area contributed by atoms with Crippen LogP contribution in [0.3, 0.4) is 0 Å². The first kappa shape index (κ1) is 18.0. The number of nitrogens with one attached hydrogen (secondary N) is 1. The number of hydrogen-bond acceptors (Lipinski definition) is 2. The van der Waals surface area contributed by atoms with Gasteiger partial charge in [-0.1, -0.05) is 48.9 Å². The number of nitrogens with zero attached hydrogens (tertiary/aromatic N) is 1. The van der Waals surface area contributed by atoms with Crippen molar-refractivity contribution in [2.24, 2.45) is 0 Å². The molecule has 2 aromatic carbocycles. The van der Waals surface area contributed by atoms with E-state index in [1.807, 2.05) is 18.2 Å². The number of rotatable bonds is 5. The molecule has 0 bridgehead atoms. The summed E-state index contributed by atoms with van der Waals surface area (Å²) in [6.07, 6.45) is 4.38. The van der Waals surface area contributed by atoms with Crippen molar-refractivity contribution in [2.75, 3.05) is 18.4 Å². The molecule has 1 atom stereocenters. The number of carbonyl (C=O) groups is 1. The predicted molar refractivity (Wildman–Crippen MR) is 104 cm³/mol. The van der Waals surface area contributed by atoms with Gasteiger partial charge in [0.15, 0.2) is 0 Å². The van der Waals surface area contributed by atoms with Crippen molar-refractivity contribution < 1.29 is 4.79 Å². The first-order valence-corrected chi connectivity index (χ1v) is 9.00. The van der Waals surface area contributed by atoms with Crippen LogP contribution in [-0.4, -0.2) is 23.9 Å². The topological polar surface area (TPSA) is 32.3 Å². The fourth-order valence-corrected chi connectivity index (χ4v) is 3.99. The maximum absolute atomic E-state index is 12.1. The Morgan fingerprint density at radius 3 is 2.64 bits per heavy atom. The van der Waals surface area contributed by atoms with E-state index in [0.29, 0.717) is 0 Å². The van der Waals surface area contributed by atoms with Crippen LogP contribution >= 0.6 is 12.4 Å². The van der Waals surface area contributed by atoms with Gasteiger partial charge in [0.2, 0.25) is 5.91 Å². The Labute approximate surface area is 155 Å². The summed E-state index contributed by atoms with van der Waals surface area (Å²) in [7, 11) is 0. The first-order valence-electron chi connectivity index (χ1n) is 9.00. The molecular weight excluding hydrogens is 332 g/mol. The van der Waals surface area contributed by atoms with Gasteiger partial charge in [-0.3, -0.25) is 9.69 Å². The molecule has 0 spiro atoms. The van der Waals surface area contributed by atoms with Crippen LogP contribution in [0.1, 0.15) is 41.9 Å². The van der Waals surface area contributed by atoms with Gasteiger partial charge in [-0.15, -0.1) is 12.4 Å². The highest BCUT2D eigenvalue weighted by molar-refractivity contribution is 6.02. The van der Waals surface area contributed by atoms with Crippen molar-refractivity contribution in [3.05, 3.63) is 65.2 Å². The molecule has 0 aliphatic carbocycles. The minimum Gasteiger partial charge on any atom is -0.325 e. The lowest BCUT2D eigenvalue weighted by molar-refractivity contribution is -0.117. The summed E-state index contributed by atoms with van der Waals surface area (Å²) in [5.41, 5.74) is 5.16. The maximum atomic E-state index is 12.1. The highest BCUT2D eigenvalue weighted by Crippen LogP contribution is 2.35. The monoisotopic (exact) mass is 356 g/mol. The van der Waals surface area contributed by atoms with Gasteiger partial charge in [0.1, 0.15) is 0 Å². The largest absolute Gasteiger partial charge is 0.325 e. The Kier molecular flexibility index (Phi) is 5.77. The van der Waals surface area contributed by atoms with Gasteiger partial charge < -0.3 is 5.32 Å². The van der Waals surface area contributed by atoms with Crippen molar-refractivity contribution >= 4 is 24.0 Å². The van der Waals surface area contributed by atoms with E-state index in [2.05, 4.69) is 40.5 Å². The molecule has 0 saturated carbocycles. The van der Waals surface area contributed by atoms with Crippen molar-refractivity contribution in [1.82, 2.24) is 4.90 Å². The molecule has 2 aliphatic heterocycles. The lowest BCUT2D eigenvalue weighted by atomic mass is 9.94. The van der Waals surface area contributed by atoms with E-state index < -0.39 is 0 Å². The molecule has 0 fully saturated rings. The molecule has 2 heterocycles. The summed E-state index contributed by atoms with van der Waals surface area (Å²) in [4.78, 5) is 14.7. The average Bonchev–Trinajstić information content (AvgIpc) is 2.94. The number of hydrogen-bond donors (Lipinski definition) is 1. The molecule has 0 saturated heterocycles. The Morgan fingerprint density at radius 1 is 1.00 bits per heavy atom. The van der Waals surface area contributed by atoms with Crippen LogP contribution in [-0.2, 0) is 17.8 Å². The summed E-state index contributed by atoms with van der Waals surface area (Å²) in [5, 5.41) is 3.00. The van der Waals surface area contributed by atoms with Crippen molar-refractivity contribution in [3.63, 3.8) is 0 Å². The number of benzene rings is 2. The van der Waals surface area contributed by atoms with Crippen LogP contribution in [0.4, 0.5) is 5.69 Å². The summed E-state index contributed by atoms with van der Waals surface area (Å²) in [6, 6.07) is 16.9. The van der Waals surface area contributed by atoms with Crippen molar-refractivity contribution in [3.8, 4) is 0 Å². The Hall–Kier alpha value is -1.84. The molecule has 4 rings (SSSR count). The van der Waals surface area contributed by atoms with E-state index in [-0.39, 0.29) is 24.2 Å². The number of amides is 1. The number of unbranched alkanes of at least 4 members (excludes halogenated alkanes) is 1. The van der Waals surface area contributed by atoms with Crippen LogP contribution in [0.25, 0.3) is 0 Å². The summed E-state index contributed by atoms with van der Waals surface area (Å²) in [6.45, 7) is 3.36. The number of fused-ring (bicyclic) bond motifs is 2. The Morgan fingerprint density at radius 2 is 1.76 bits per heavy atom. The van der Waals surface area contributed by atoms with Gasteiger partial charge in [0, 0.05) is 18.8 Å². The van der Waals surface area contributed by atoms with E-state index in [9.17, 15) is 4.79 Å². The summed E-state index contributed by atoms with van der Waals surface area (Å²) < 4.78 is 0. The van der Waals surface area contributed by atoms with Crippen LogP contribution in [0.2, 0.25) is 0 Å². The lowest BCUT2D eigenvalue weighted by Crippen LogP contribution is -2.31. The van der Waals surface area contributed by atoms with Gasteiger partial charge in [-0.2, -0.15) is 0 Å². The number of para-hydroxylation sites is 1. The van der Waals surface area contributed by atoms with Gasteiger partial charge in [-0.25, -0.2) is 0 Å². The van der Waals surface area contributed by atoms with Gasteiger partial charge in [-0.05, 0) is 48.6 Å². The van der Waals surface area contributed by atoms with E-state index in [4.69, 9.17) is 0 Å². The second kappa shape index (κ2) is 8.03. The highest BCUT2D eigenvalue weighted by atomic mass is 35.5. The van der Waals surface area contributed by atoms with Crippen LogP contribution < -0.4 is 5.32 Å². The molecule has 25 heavy (non-hydrogen) atoms. The van der Waals surface area contributed by atoms with E-state index >= 15 is 0 Å². The zero-order valence-electron chi connectivity index (χ0n) is 14.4. The smallest absolute Gasteiger partial charge is 0.232 e. The zero-order chi connectivity index (χ0) is 16.4. The molecule has 132 valence electrons. The molecule has 2 aliphatic rings. The third-order valence-electron chi connectivity index (χ3n) is 5.34. The fraction of sp³-hybridized carbons (Fsp3) is 0.381. The normalized spacial score (nSPS) is 18.9. The molecule has 0 aromatic heterocycles. The van der Waals surface area contributed by atoms with E-state index in [0.717, 1.165) is 51.0 Å². The predicted octanol–water partition coefficient (Wildman–Crippen LogP) is 4.37. The van der Waals surface area contributed by atoms with Gasteiger partial charge >= 0.3 is 0 Å². The summed E-state index contributed by atoms with van der Waals surface area (Å²) in [5.74, 6) is 0.214. The first-order chi connectivity index (χ1) is 11.8. The second-order valence-electron chi connectivity index (χ2n) is 6.92. The quantitative estimate of drug-likeness (QED) is 0.806. The number of anilines is 1. The number of halogens is 1. The van der Waals surface area contributed by atoms with Crippen LogP contribution in [0, 0.1) is 0 Å².